The molecule has 3 N–H and O–H groups in total. The molecule has 0 aliphatic rings. The number of carbonyl (C=O) groups is 1. The van der Waals surface area contributed by atoms with Crippen LogP contribution in [0.4, 0.5) is 14.5 Å². The van der Waals surface area contributed by atoms with Gasteiger partial charge in [-0.2, -0.15) is 0 Å². The Kier molecular flexibility index (Phi) is 4.20. The van der Waals surface area contributed by atoms with E-state index in [2.05, 4.69) is 5.32 Å². The highest BCUT2D eigenvalue weighted by Gasteiger charge is 2.13. The number of benzene rings is 1. The number of rotatable bonds is 3. The first-order valence-electron chi connectivity index (χ1n) is 4.60. The van der Waals surface area contributed by atoms with Crippen LogP contribution in [0.1, 0.15) is 13.3 Å². The van der Waals surface area contributed by atoms with Crippen LogP contribution in [0.2, 0.25) is 5.02 Å². The Bertz CT molecular complexity index is 387. The summed E-state index contributed by atoms with van der Waals surface area (Å²) in [6, 6.07) is 1.22. The molecule has 1 aromatic rings. The Labute approximate surface area is 96.6 Å². The van der Waals surface area contributed by atoms with E-state index in [1.165, 1.54) is 0 Å². The molecule has 0 fully saturated rings. The Hall–Kier alpha value is -1.20. The molecule has 0 spiro atoms. The maximum atomic E-state index is 13.2. The van der Waals surface area contributed by atoms with Gasteiger partial charge in [-0.15, -0.1) is 0 Å². The third kappa shape index (κ3) is 3.43. The van der Waals surface area contributed by atoms with E-state index < -0.39 is 17.5 Å². The van der Waals surface area contributed by atoms with Crippen molar-refractivity contribution in [2.24, 2.45) is 5.73 Å². The van der Waals surface area contributed by atoms with Gasteiger partial charge in [0.15, 0.2) is 5.82 Å². The second-order valence-electron chi connectivity index (χ2n) is 3.47. The summed E-state index contributed by atoms with van der Waals surface area (Å²) in [4.78, 5) is 11.3. The Balaban J connectivity index is 2.85. The SMILES string of the molecule is CC(N)CC(=O)Nc1c(F)cc(F)cc1Cl. The number of nitrogens with one attached hydrogen (secondary N) is 1. The summed E-state index contributed by atoms with van der Waals surface area (Å²) in [7, 11) is 0. The molecule has 6 heteroatoms. The molecular formula is C10H11ClF2N2O. The summed E-state index contributed by atoms with van der Waals surface area (Å²) in [5.41, 5.74) is 5.17. The van der Waals surface area contributed by atoms with Crippen molar-refractivity contribution >= 4 is 23.2 Å². The van der Waals surface area contributed by atoms with Gasteiger partial charge in [-0.3, -0.25) is 4.79 Å². The number of anilines is 1. The fourth-order valence-electron chi connectivity index (χ4n) is 1.14. The van der Waals surface area contributed by atoms with E-state index in [0.29, 0.717) is 6.07 Å². The van der Waals surface area contributed by atoms with Crippen LogP contribution in [-0.2, 0) is 4.79 Å². The minimum Gasteiger partial charge on any atom is -0.327 e. The van der Waals surface area contributed by atoms with Gasteiger partial charge in [0.2, 0.25) is 5.91 Å². The molecule has 0 aliphatic heterocycles. The van der Waals surface area contributed by atoms with E-state index in [-0.39, 0.29) is 23.2 Å². The lowest BCUT2D eigenvalue weighted by atomic mass is 10.2. The summed E-state index contributed by atoms with van der Waals surface area (Å²) in [6.07, 6.45) is 0.0349. The van der Waals surface area contributed by atoms with Crippen molar-refractivity contribution in [3.63, 3.8) is 0 Å². The fourth-order valence-corrected chi connectivity index (χ4v) is 1.39. The first-order chi connectivity index (χ1) is 7.40. The van der Waals surface area contributed by atoms with E-state index in [9.17, 15) is 13.6 Å². The van der Waals surface area contributed by atoms with E-state index in [1.807, 2.05) is 0 Å². The minimum absolute atomic E-state index is 0.0349. The van der Waals surface area contributed by atoms with E-state index in [4.69, 9.17) is 17.3 Å². The molecule has 1 aromatic carbocycles. The monoisotopic (exact) mass is 248 g/mol. The van der Waals surface area contributed by atoms with E-state index in [0.717, 1.165) is 6.07 Å². The zero-order valence-corrected chi connectivity index (χ0v) is 9.31. The van der Waals surface area contributed by atoms with Crippen molar-refractivity contribution in [2.45, 2.75) is 19.4 Å². The summed E-state index contributed by atoms with van der Waals surface area (Å²) in [6.45, 7) is 1.64. The normalized spacial score (nSPS) is 12.3. The van der Waals surface area contributed by atoms with Gasteiger partial charge in [0.25, 0.3) is 0 Å². The molecule has 1 atom stereocenters. The summed E-state index contributed by atoms with van der Waals surface area (Å²) < 4.78 is 25.9. The van der Waals surface area contributed by atoms with Crippen molar-refractivity contribution in [3.8, 4) is 0 Å². The number of hydrogen-bond acceptors (Lipinski definition) is 2. The van der Waals surface area contributed by atoms with Crippen molar-refractivity contribution in [1.29, 1.82) is 0 Å². The van der Waals surface area contributed by atoms with Crippen LogP contribution >= 0.6 is 11.6 Å². The largest absolute Gasteiger partial charge is 0.327 e. The van der Waals surface area contributed by atoms with E-state index >= 15 is 0 Å². The predicted octanol–water partition coefficient (Wildman–Crippen LogP) is 2.29. The van der Waals surface area contributed by atoms with Crippen molar-refractivity contribution < 1.29 is 13.6 Å². The lowest BCUT2D eigenvalue weighted by Crippen LogP contribution is -2.24. The maximum absolute atomic E-state index is 13.2. The van der Waals surface area contributed by atoms with Gasteiger partial charge < -0.3 is 11.1 Å². The van der Waals surface area contributed by atoms with Crippen LogP contribution in [0, 0.1) is 11.6 Å². The van der Waals surface area contributed by atoms with Crippen molar-refractivity contribution in [2.75, 3.05) is 5.32 Å². The van der Waals surface area contributed by atoms with Crippen LogP contribution in [-0.4, -0.2) is 11.9 Å². The molecule has 88 valence electrons. The highest BCUT2D eigenvalue weighted by atomic mass is 35.5. The lowest BCUT2D eigenvalue weighted by molar-refractivity contribution is -0.116. The molecule has 16 heavy (non-hydrogen) atoms. The van der Waals surface area contributed by atoms with E-state index in [1.54, 1.807) is 6.92 Å². The quantitative estimate of drug-likeness (QED) is 0.862. The Morgan fingerprint density at radius 3 is 2.69 bits per heavy atom. The average molecular weight is 249 g/mol. The van der Waals surface area contributed by atoms with Gasteiger partial charge in [-0.05, 0) is 13.0 Å². The number of carbonyl (C=O) groups excluding carboxylic acids is 1. The Morgan fingerprint density at radius 2 is 2.19 bits per heavy atom. The van der Waals surface area contributed by atoms with Crippen LogP contribution in [0.3, 0.4) is 0 Å². The highest BCUT2D eigenvalue weighted by molar-refractivity contribution is 6.33. The van der Waals surface area contributed by atoms with Gasteiger partial charge in [0.05, 0.1) is 10.7 Å². The smallest absolute Gasteiger partial charge is 0.226 e. The van der Waals surface area contributed by atoms with Gasteiger partial charge in [0, 0.05) is 18.5 Å². The zero-order valence-electron chi connectivity index (χ0n) is 8.56. The fraction of sp³-hybridized carbons (Fsp3) is 0.300. The highest BCUT2D eigenvalue weighted by Crippen LogP contribution is 2.26. The molecule has 0 saturated carbocycles. The van der Waals surface area contributed by atoms with Crippen LogP contribution < -0.4 is 11.1 Å². The number of halogens is 3. The molecule has 3 nitrogen and oxygen atoms in total. The number of amides is 1. The second kappa shape index (κ2) is 5.23. The average Bonchev–Trinajstić information content (AvgIpc) is 2.09. The van der Waals surface area contributed by atoms with Gasteiger partial charge >= 0.3 is 0 Å². The summed E-state index contributed by atoms with van der Waals surface area (Å²) in [5, 5.41) is 2.06. The molecule has 0 bridgehead atoms. The molecule has 0 radical (unpaired) electrons. The first-order valence-corrected chi connectivity index (χ1v) is 4.98. The van der Waals surface area contributed by atoms with Crippen molar-refractivity contribution in [3.05, 3.63) is 28.8 Å². The molecular weight excluding hydrogens is 238 g/mol. The molecule has 0 aromatic heterocycles. The van der Waals surface area contributed by atoms with Crippen LogP contribution in [0.25, 0.3) is 0 Å². The van der Waals surface area contributed by atoms with Crippen molar-refractivity contribution in [1.82, 2.24) is 0 Å². The second-order valence-corrected chi connectivity index (χ2v) is 3.88. The summed E-state index contributed by atoms with van der Waals surface area (Å²) >= 11 is 5.59. The van der Waals surface area contributed by atoms with Gasteiger partial charge in [-0.1, -0.05) is 11.6 Å². The zero-order chi connectivity index (χ0) is 12.3. The maximum Gasteiger partial charge on any atom is 0.226 e. The Morgan fingerprint density at radius 1 is 1.56 bits per heavy atom. The van der Waals surface area contributed by atoms with Crippen LogP contribution in [0.5, 0.6) is 0 Å². The molecule has 0 saturated heterocycles. The molecule has 1 amide bonds. The third-order valence-electron chi connectivity index (χ3n) is 1.78. The molecule has 1 unspecified atom stereocenters. The van der Waals surface area contributed by atoms with Gasteiger partial charge in [0.1, 0.15) is 5.82 Å². The number of nitrogens with two attached hydrogens (primary N) is 1. The predicted molar refractivity (Wildman–Crippen MR) is 58.3 cm³/mol. The van der Waals surface area contributed by atoms with Gasteiger partial charge in [-0.25, -0.2) is 8.78 Å². The third-order valence-corrected chi connectivity index (χ3v) is 2.08. The molecule has 0 heterocycles. The molecule has 1 rings (SSSR count). The number of hydrogen-bond donors (Lipinski definition) is 2. The standard InChI is InChI=1S/C10H11ClF2N2O/c1-5(14)2-9(16)15-10-7(11)3-6(12)4-8(10)13/h3-5H,2,14H2,1H3,(H,15,16). The lowest BCUT2D eigenvalue weighted by Gasteiger charge is -2.09. The molecule has 0 aliphatic carbocycles. The summed E-state index contributed by atoms with van der Waals surface area (Å²) in [5.74, 6) is -2.18. The topological polar surface area (TPSA) is 55.1 Å². The van der Waals surface area contributed by atoms with Crippen LogP contribution in [0.15, 0.2) is 12.1 Å². The first kappa shape index (κ1) is 12.9. The minimum atomic E-state index is -0.914.